The lowest BCUT2D eigenvalue weighted by Crippen LogP contribution is -2.10. The monoisotopic (exact) mass is 306 g/mol. The van der Waals surface area contributed by atoms with Gasteiger partial charge in [0.15, 0.2) is 0 Å². The van der Waals surface area contributed by atoms with Gasteiger partial charge in [-0.3, -0.25) is 4.79 Å². The van der Waals surface area contributed by atoms with Crippen LogP contribution in [-0.4, -0.2) is 5.91 Å². The molecule has 0 fully saturated rings. The number of nitrogens with one attached hydrogen (secondary N) is 2. The van der Waals surface area contributed by atoms with E-state index in [-0.39, 0.29) is 17.8 Å². The summed E-state index contributed by atoms with van der Waals surface area (Å²) in [7, 11) is 0. The fourth-order valence-corrected chi connectivity index (χ4v) is 2.19. The second-order valence-electron chi connectivity index (χ2n) is 4.80. The molecule has 0 saturated carbocycles. The van der Waals surface area contributed by atoms with Crippen molar-refractivity contribution in [2.45, 2.75) is 19.9 Å². The van der Waals surface area contributed by atoms with Crippen molar-refractivity contribution >= 4 is 28.9 Å². The minimum atomic E-state index is -0.357. The largest absolute Gasteiger partial charge is 0.376 e. The molecule has 5 heteroatoms. The van der Waals surface area contributed by atoms with E-state index in [9.17, 15) is 9.18 Å². The zero-order chi connectivity index (χ0) is 15.4. The van der Waals surface area contributed by atoms with Crippen molar-refractivity contribution in [2.24, 2.45) is 0 Å². The predicted molar refractivity (Wildman–Crippen MR) is 84.2 cm³/mol. The molecule has 110 valence electrons. The first kappa shape index (κ1) is 15.3. The molecule has 0 aliphatic carbocycles. The summed E-state index contributed by atoms with van der Waals surface area (Å²) in [6, 6.07) is 11.6. The Morgan fingerprint density at radius 2 is 2.00 bits per heavy atom. The third kappa shape index (κ3) is 4.20. The van der Waals surface area contributed by atoms with Crippen molar-refractivity contribution in [1.29, 1.82) is 0 Å². The van der Waals surface area contributed by atoms with Gasteiger partial charge in [-0.1, -0.05) is 23.7 Å². The zero-order valence-corrected chi connectivity index (χ0v) is 12.5. The molecule has 2 rings (SSSR count). The van der Waals surface area contributed by atoms with Crippen LogP contribution in [0.3, 0.4) is 0 Å². The van der Waals surface area contributed by atoms with Crippen molar-refractivity contribution in [3.05, 3.63) is 58.9 Å². The molecule has 0 radical (unpaired) electrons. The standard InChI is InChI=1S/C16H16ClFN2O/c1-10(19-16-9-13(17)6-7-15(16)18)12-4-3-5-14(8-12)20-11(2)21/h3-10,19H,1-2H3,(H,20,21). The van der Waals surface area contributed by atoms with Crippen LogP contribution in [0.5, 0.6) is 0 Å². The summed E-state index contributed by atoms with van der Waals surface area (Å²) in [6.07, 6.45) is 0. The first-order chi connectivity index (χ1) is 9.95. The minimum Gasteiger partial charge on any atom is -0.376 e. The van der Waals surface area contributed by atoms with Crippen LogP contribution in [0.2, 0.25) is 5.02 Å². The maximum Gasteiger partial charge on any atom is 0.221 e. The Balaban J connectivity index is 2.18. The van der Waals surface area contributed by atoms with Crippen molar-refractivity contribution in [3.8, 4) is 0 Å². The summed E-state index contributed by atoms with van der Waals surface area (Å²) in [5.41, 5.74) is 1.99. The van der Waals surface area contributed by atoms with Gasteiger partial charge >= 0.3 is 0 Å². The van der Waals surface area contributed by atoms with E-state index in [1.54, 1.807) is 12.1 Å². The second-order valence-corrected chi connectivity index (χ2v) is 5.23. The van der Waals surface area contributed by atoms with Gasteiger partial charge in [0.05, 0.1) is 5.69 Å². The topological polar surface area (TPSA) is 41.1 Å². The number of benzene rings is 2. The van der Waals surface area contributed by atoms with Gasteiger partial charge in [0, 0.05) is 23.7 Å². The van der Waals surface area contributed by atoms with Crippen LogP contribution in [0, 0.1) is 5.82 Å². The summed E-state index contributed by atoms with van der Waals surface area (Å²) < 4.78 is 13.7. The van der Waals surface area contributed by atoms with E-state index in [0.29, 0.717) is 16.4 Å². The summed E-state index contributed by atoms with van der Waals surface area (Å²) in [4.78, 5) is 11.1. The Morgan fingerprint density at radius 1 is 1.24 bits per heavy atom. The lowest BCUT2D eigenvalue weighted by molar-refractivity contribution is -0.114. The highest BCUT2D eigenvalue weighted by Crippen LogP contribution is 2.25. The van der Waals surface area contributed by atoms with E-state index in [2.05, 4.69) is 10.6 Å². The number of hydrogen-bond acceptors (Lipinski definition) is 2. The molecule has 0 aromatic heterocycles. The highest BCUT2D eigenvalue weighted by Gasteiger charge is 2.10. The van der Waals surface area contributed by atoms with E-state index in [1.165, 1.54) is 19.1 Å². The first-order valence-corrected chi connectivity index (χ1v) is 6.92. The number of rotatable bonds is 4. The van der Waals surface area contributed by atoms with Crippen LogP contribution >= 0.6 is 11.6 Å². The number of halogens is 2. The number of amides is 1. The Bertz CT molecular complexity index is 660. The second kappa shape index (κ2) is 6.59. The number of carbonyl (C=O) groups is 1. The normalized spacial score (nSPS) is 11.8. The summed E-state index contributed by atoms with van der Waals surface area (Å²) in [5.74, 6) is -0.488. The molecule has 0 aliphatic rings. The van der Waals surface area contributed by atoms with Crippen LogP contribution < -0.4 is 10.6 Å². The van der Waals surface area contributed by atoms with Crippen LogP contribution in [0.25, 0.3) is 0 Å². The van der Waals surface area contributed by atoms with Crippen LogP contribution in [0.1, 0.15) is 25.5 Å². The average molecular weight is 307 g/mol. The number of hydrogen-bond donors (Lipinski definition) is 2. The smallest absolute Gasteiger partial charge is 0.221 e. The SMILES string of the molecule is CC(=O)Nc1cccc(C(C)Nc2cc(Cl)ccc2F)c1. The van der Waals surface area contributed by atoms with E-state index >= 15 is 0 Å². The summed E-state index contributed by atoms with van der Waals surface area (Å²) >= 11 is 5.87. The molecule has 2 aromatic carbocycles. The third-order valence-electron chi connectivity index (χ3n) is 3.01. The summed E-state index contributed by atoms with van der Waals surface area (Å²) in [5, 5.41) is 6.27. The van der Waals surface area contributed by atoms with Crippen molar-refractivity contribution in [1.82, 2.24) is 0 Å². The molecule has 0 saturated heterocycles. The molecule has 1 amide bonds. The molecular weight excluding hydrogens is 291 g/mol. The van der Waals surface area contributed by atoms with Gasteiger partial charge in [-0.05, 0) is 42.8 Å². The number of anilines is 2. The van der Waals surface area contributed by atoms with E-state index in [1.807, 2.05) is 25.1 Å². The molecule has 1 unspecified atom stereocenters. The third-order valence-corrected chi connectivity index (χ3v) is 3.24. The maximum absolute atomic E-state index is 13.7. The first-order valence-electron chi connectivity index (χ1n) is 6.55. The molecule has 0 bridgehead atoms. The molecule has 0 spiro atoms. The molecule has 2 aromatic rings. The van der Waals surface area contributed by atoms with Crippen LogP contribution in [0.4, 0.5) is 15.8 Å². The molecule has 21 heavy (non-hydrogen) atoms. The van der Waals surface area contributed by atoms with Gasteiger partial charge in [0.2, 0.25) is 5.91 Å². The minimum absolute atomic E-state index is 0.131. The fraction of sp³-hybridized carbons (Fsp3) is 0.188. The Labute approximate surface area is 128 Å². The molecule has 1 atom stereocenters. The van der Waals surface area contributed by atoms with Crippen LogP contribution in [-0.2, 0) is 4.79 Å². The summed E-state index contributed by atoms with van der Waals surface area (Å²) in [6.45, 7) is 3.36. The van der Waals surface area contributed by atoms with Crippen LogP contribution in [0.15, 0.2) is 42.5 Å². The number of carbonyl (C=O) groups excluding carboxylic acids is 1. The van der Waals surface area contributed by atoms with Gasteiger partial charge in [-0.2, -0.15) is 0 Å². The Morgan fingerprint density at radius 3 is 2.71 bits per heavy atom. The predicted octanol–water partition coefficient (Wildman–Crippen LogP) is 4.61. The molecule has 3 nitrogen and oxygen atoms in total. The highest BCUT2D eigenvalue weighted by atomic mass is 35.5. The molecule has 2 N–H and O–H groups in total. The average Bonchev–Trinajstić information content (AvgIpc) is 2.42. The fourth-order valence-electron chi connectivity index (χ4n) is 2.01. The van der Waals surface area contributed by atoms with Crippen molar-refractivity contribution < 1.29 is 9.18 Å². The quantitative estimate of drug-likeness (QED) is 0.866. The van der Waals surface area contributed by atoms with Gasteiger partial charge in [0.25, 0.3) is 0 Å². The van der Waals surface area contributed by atoms with Gasteiger partial charge in [-0.25, -0.2) is 4.39 Å². The maximum atomic E-state index is 13.7. The zero-order valence-electron chi connectivity index (χ0n) is 11.8. The van der Waals surface area contributed by atoms with Gasteiger partial charge < -0.3 is 10.6 Å². The van der Waals surface area contributed by atoms with E-state index < -0.39 is 0 Å². The Kier molecular flexibility index (Phi) is 4.81. The Hall–Kier alpha value is -2.07. The van der Waals surface area contributed by atoms with E-state index in [4.69, 9.17) is 11.6 Å². The van der Waals surface area contributed by atoms with Crippen molar-refractivity contribution in [2.75, 3.05) is 10.6 Å². The molecule has 0 aliphatic heterocycles. The van der Waals surface area contributed by atoms with E-state index in [0.717, 1.165) is 5.56 Å². The van der Waals surface area contributed by atoms with Gasteiger partial charge in [0.1, 0.15) is 5.82 Å². The molecule has 0 heterocycles. The van der Waals surface area contributed by atoms with Crippen molar-refractivity contribution in [3.63, 3.8) is 0 Å². The lowest BCUT2D eigenvalue weighted by Gasteiger charge is -2.17. The molecular formula is C16H16ClFN2O. The van der Waals surface area contributed by atoms with Gasteiger partial charge in [-0.15, -0.1) is 0 Å². The highest BCUT2D eigenvalue weighted by molar-refractivity contribution is 6.30. The lowest BCUT2D eigenvalue weighted by atomic mass is 10.1.